The first-order chi connectivity index (χ1) is 14.2. The quantitative estimate of drug-likeness (QED) is 0.567. The van der Waals surface area contributed by atoms with E-state index in [9.17, 15) is 5.11 Å². The van der Waals surface area contributed by atoms with Gasteiger partial charge in [0.25, 0.3) is 0 Å². The molecule has 0 aliphatic carbocycles. The van der Waals surface area contributed by atoms with Gasteiger partial charge in [-0.05, 0) is 17.7 Å². The van der Waals surface area contributed by atoms with E-state index in [0.29, 0.717) is 11.7 Å². The maximum absolute atomic E-state index is 9.97. The number of aromatic nitrogens is 3. The molecule has 5 rings (SSSR count). The molecule has 2 aromatic carbocycles. The molecule has 0 spiro atoms. The Morgan fingerprint density at radius 1 is 1.10 bits per heavy atom. The number of aromatic hydroxyl groups is 1. The molecule has 4 aromatic rings. The van der Waals surface area contributed by atoms with Crippen LogP contribution < -0.4 is 4.74 Å². The standard InChI is InChI=1S/C23H22N4O2/c1-29-21-8-7-16(11-20(21)28)13-26-14-18(15-26)23-25-12-19-22(24-9-10-27(19)23)17-5-3-2-4-6-17/h2-12,18,28H,13-15H2,1H3. The molecule has 2 aromatic heterocycles. The van der Waals surface area contributed by atoms with Crippen molar-refractivity contribution >= 4 is 5.52 Å². The van der Waals surface area contributed by atoms with Crippen molar-refractivity contribution in [3.8, 4) is 22.8 Å². The van der Waals surface area contributed by atoms with Crippen molar-refractivity contribution in [2.45, 2.75) is 12.5 Å². The summed E-state index contributed by atoms with van der Waals surface area (Å²) in [5.41, 5.74) is 4.16. The van der Waals surface area contributed by atoms with Gasteiger partial charge in [0.2, 0.25) is 0 Å². The fraction of sp³-hybridized carbons (Fsp3) is 0.217. The predicted molar refractivity (Wildman–Crippen MR) is 111 cm³/mol. The lowest BCUT2D eigenvalue weighted by Crippen LogP contribution is -2.44. The third-order valence-corrected chi connectivity index (χ3v) is 5.51. The van der Waals surface area contributed by atoms with Crippen molar-refractivity contribution in [1.29, 1.82) is 0 Å². The van der Waals surface area contributed by atoms with Gasteiger partial charge in [-0.15, -0.1) is 0 Å². The van der Waals surface area contributed by atoms with Crippen LogP contribution in [0.5, 0.6) is 11.5 Å². The largest absolute Gasteiger partial charge is 0.504 e. The second-order valence-corrected chi connectivity index (χ2v) is 7.41. The van der Waals surface area contributed by atoms with E-state index in [4.69, 9.17) is 9.72 Å². The molecule has 0 bridgehead atoms. The van der Waals surface area contributed by atoms with Crippen molar-refractivity contribution in [2.75, 3.05) is 20.2 Å². The maximum atomic E-state index is 9.97. The number of phenolic OH excluding ortho intramolecular Hbond substituents is 1. The van der Waals surface area contributed by atoms with E-state index in [1.165, 1.54) is 0 Å². The topological polar surface area (TPSA) is 62.9 Å². The lowest BCUT2D eigenvalue weighted by atomic mass is 9.98. The third-order valence-electron chi connectivity index (χ3n) is 5.51. The predicted octanol–water partition coefficient (Wildman–Crippen LogP) is 3.71. The van der Waals surface area contributed by atoms with E-state index in [2.05, 4.69) is 26.4 Å². The minimum absolute atomic E-state index is 0.183. The van der Waals surface area contributed by atoms with Crippen LogP contribution in [-0.2, 0) is 6.54 Å². The summed E-state index contributed by atoms with van der Waals surface area (Å²) in [7, 11) is 1.56. The Kier molecular flexibility index (Phi) is 4.41. The van der Waals surface area contributed by atoms with E-state index in [1.807, 2.05) is 48.9 Å². The van der Waals surface area contributed by atoms with Gasteiger partial charge >= 0.3 is 0 Å². The molecule has 1 fully saturated rings. The van der Waals surface area contributed by atoms with E-state index in [0.717, 1.165) is 47.8 Å². The number of methoxy groups -OCH3 is 1. The van der Waals surface area contributed by atoms with Crippen molar-refractivity contribution in [2.24, 2.45) is 0 Å². The fourth-order valence-electron chi connectivity index (χ4n) is 4.02. The monoisotopic (exact) mass is 386 g/mol. The summed E-state index contributed by atoms with van der Waals surface area (Å²) in [5, 5.41) is 9.97. The van der Waals surface area contributed by atoms with Gasteiger partial charge in [-0.1, -0.05) is 36.4 Å². The van der Waals surface area contributed by atoms with Gasteiger partial charge in [0.1, 0.15) is 5.82 Å². The zero-order valence-corrected chi connectivity index (χ0v) is 16.2. The third kappa shape index (κ3) is 3.21. The summed E-state index contributed by atoms with van der Waals surface area (Å²) in [4.78, 5) is 11.7. The van der Waals surface area contributed by atoms with Crippen LogP contribution >= 0.6 is 0 Å². The maximum Gasteiger partial charge on any atom is 0.160 e. The second kappa shape index (κ2) is 7.22. The van der Waals surface area contributed by atoms with Crippen molar-refractivity contribution in [1.82, 2.24) is 19.3 Å². The average molecular weight is 386 g/mol. The summed E-state index contributed by atoms with van der Waals surface area (Å²) in [6.45, 7) is 2.68. The zero-order valence-electron chi connectivity index (χ0n) is 16.2. The Balaban J connectivity index is 1.33. The Labute approximate surface area is 169 Å². The molecule has 0 saturated carbocycles. The van der Waals surface area contributed by atoms with E-state index >= 15 is 0 Å². The van der Waals surface area contributed by atoms with Crippen LogP contribution in [0.4, 0.5) is 0 Å². The summed E-state index contributed by atoms with van der Waals surface area (Å²) < 4.78 is 7.28. The first kappa shape index (κ1) is 17.7. The molecule has 146 valence electrons. The number of benzene rings is 2. The number of rotatable bonds is 5. The van der Waals surface area contributed by atoms with Crippen LogP contribution in [0.3, 0.4) is 0 Å². The molecule has 6 heteroatoms. The summed E-state index contributed by atoms with van der Waals surface area (Å²) in [6, 6.07) is 15.8. The lowest BCUT2D eigenvalue weighted by Gasteiger charge is -2.38. The lowest BCUT2D eigenvalue weighted by molar-refractivity contribution is 0.134. The molecule has 1 aliphatic heterocycles. The number of nitrogens with zero attached hydrogens (tertiary/aromatic N) is 4. The number of phenols is 1. The molecular weight excluding hydrogens is 364 g/mol. The van der Waals surface area contributed by atoms with Crippen molar-refractivity contribution < 1.29 is 9.84 Å². The Bertz CT molecular complexity index is 1150. The zero-order chi connectivity index (χ0) is 19.8. The molecule has 3 heterocycles. The molecule has 1 saturated heterocycles. The molecule has 29 heavy (non-hydrogen) atoms. The van der Waals surface area contributed by atoms with Crippen LogP contribution in [0.15, 0.2) is 67.1 Å². The number of likely N-dealkylation sites (tertiary alicyclic amines) is 1. The Morgan fingerprint density at radius 2 is 1.93 bits per heavy atom. The number of imidazole rings is 1. The van der Waals surface area contributed by atoms with Crippen LogP contribution in [0.2, 0.25) is 0 Å². The molecule has 1 aliphatic rings. The SMILES string of the molecule is COc1ccc(CN2CC(c3ncc4c(-c5ccccc5)nccn34)C2)cc1O. The Hall–Kier alpha value is -3.38. The minimum Gasteiger partial charge on any atom is -0.504 e. The summed E-state index contributed by atoms with van der Waals surface area (Å²) in [6.07, 6.45) is 5.76. The fourth-order valence-corrected chi connectivity index (χ4v) is 4.02. The van der Waals surface area contributed by atoms with Crippen LogP contribution in [0, 0.1) is 0 Å². The molecule has 0 unspecified atom stereocenters. The van der Waals surface area contributed by atoms with Crippen molar-refractivity contribution in [3.05, 3.63) is 78.5 Å². The van der Waals surface area contributed by atoms with Crippen LogP contribution in [-0.4, -0.2) is 44.6 Å². The first-order valence-electron chi connectivity index (χ1n) is 9.68. The number of fused-ring (bicyclic) bond motifs is 1. The van der Waals surface area contributed by atoms with Gasteiger partial charge in [-0.2, -0.15) is 0 Å². The van der Waals surface area contributed by atoms with Gasteiger partial charge in [-0.3, -0.25) is 14.3 Å². The number of hydrogen-bond donors (Lipinski definition) is 1. The first-order valence-corrected chi connectivity index (χ1v) is 9.68. The van der Waals surface area contributed by atoms with Gasteiger partial charge in [-0.25, -0.2) is 4.98 Å². The normalized spacial score (nSPS) is 14.8. The molecule has 0 amide bonds. The van der Waals surface area contributed by atoms with Crippen LogP contribution in [0.1, 0.15) is 17.3 Å². The summed E-state index contributed by atoms with van der Waals surface area (Å²) in [5.74, 6) is 2.15. The van der Waals surface area contributed by atoms with Gasteiger partial charge in [0, 0.05) is 43.5 Å². The van der Waals surface area contributed by atoms with Crippen LogP contribution in [0.25, 0.3) is 16.8 Å². The highest BCUT2D eigenvalue weighted by Gasteiger charge is 2.31. The van der Waals surface area contributed by atoms with Gasteiger partial charge in [0.05, 0.1) is 24.5 Å². The summed E-state index contributed by atoms with van der Waals surface area (Å²) >= 11 is 0. The second-order valence-electron chi connectivity index (χ2n) is 7.41. The van der Waals surface area contributed by atoms with Crippen molar-refractivity contribution in [3.63, 3.8) is 0 Å². The van der Waals surface area contributed by atoms with Gasteiger partial charge in [0.15, 0.2) is 11.5 Å². The average Bonchev–Trinajstić information content (AvgIpc) is 3.15. The van der Waals surface area contributed by atoms with E-state index in [-0.39, 0.29) is 5.75 Å². The molecule has 0 radical (unpaired) electrons. The molecule has 1 N–H and O–H groups in total. The Morgan fingerprint density at radius 3 is 2.69 bits per heavy atom. The molecule has 6 nitrogen and oxygen atoms in total. The number of ether oxygens (including phenoxy) is 1. The highest BCUT2D eigenvalue weighted by atomic mass is 16.5. The molecule has 0 atom stereocenters. The van der Waals surface area contributed by atoms with E-state index in [1.54, 1.807) is 13.2 Å². The highest BCUT2D eigenvalue weighted by molar-refractivity contribution is 5.76. The minimum atomic E-state index is 0.183. The van der Waals surface area contributed by atoms with Gasteiger partial charge < -0.3 is 9.84 Å². The molecular formula is C23H22N4O2. The van der Waals surface area contributed by atoms with E-state index < -0.39 is 0 Å². The number of hydrogen-bond acceptors (Lipinski definition) is 5. The smallest absolute Gasteiger partial charge is 0.160 e. The highest BCUT2D eigenvalue weighted by Crippen LogP contribution is 2.32.